The first kappa shape index (κ1) is 16.3. The van der Waals surface area contributed by atoms with Gasteiger partial charge in [-0.1, -0.05) is 0 Å². The van der Waals surface area contributed by atoms with E-state index in [4.69, 9.17) is 4.42 Å². The van der Waals surface area contributed by atoms with E-state index in [1.165, 1.54) is 11.6 Å². The van der Waals surface area contributed by atoms with Crippen LogP contribution in [0.25, 0.3) is 0 Å². The van der Waals surface area contributed by atoms with Crippen LogP contribution in [0.1, 0.15) is 17.4 Å². The van der Waals surface area contributed by atoms with Gasteiger partial charge in [0.05, 0.1) is 12.3 Å². The van der Waals surface area contributed by atoms with Crippen molar-refractivity contribution in [3.05, 3.63) is 56.8 Å². The molecule has 2 aromatic heterocycles. The summed E-state index contributed by atoms with van der Waals surface area (Å²) in [6, 6.07) is 3.86. The molecule has 2 rings (SSSR count). The van der Waals surface area contributed by atoms with Crippen molar-refractivity contribution in [3.63, 3.8) is 0 Å². The van der Waals surface area contributed by atoms with Gasteiger partial charge in [0.15, 0.2) is 0 Å². The van der Waals surface area contributed by atoms with Gasteiger partial charge in [-0.3, -0.25) is 14.3 Å². The number of hydrogen-bond acceptors (Lipinski definition) is 5. The lowest BCUT2D eigenvalue weighted by Gasteiger charge is -2.22. The predicted molar refractivity (Wildman–Crippen MR) is 83.8 cm³/mol. The van der Waals surface area contributed by atoms with Gasteiger partial charge in [0.2, 0.25) is 0 Å². The highest BCUT2D eigenvalue weighted by atomic mass is 16.3. The van der Waals surface area contributed by atoms with Crippen LogP contribution >= 0.6 is 0 Å². The molecule has 0 aliphatic carbocycles. The molecule has 120 valence electrons. The van der Waals surface area contributed by atoms with Gasteiger partial charge in [-0.05, 0) is 26.2 Å². The summed E-state index contributed by atoms with van der Waals surface area (Å²) in [7, 11) is 7.07. The zero-order valence-electron chi connectivity index (χ0n) is 13.4. The molecule has 0 aliphatic rings. The lowest BCUT2D eigenvalue weighted by atomic mass is 10.2. The van der Waals surface area contributed by atoms with Crippen molar-refractivity contribution in [2.75, 3.05) is 20.6 Å². The summed E-state index contributed by atoms with van der Waals surface area (Å²) in [4.78, 5) is 25.8. The molecule has 0 radical (unpaired) electrons. The Morgan fingerprint density at radius 2 is 2.05 bits per heavy atom. The fourth-order valence-electron chi connectivity index (χ4n) is 2.37. The second-order valence-electron chi connectivity index (χ2n) is 5.54. The largest absolute Gasteiger partial charge is 0.468 e. The Balaban J connectivity index is 2.08. The Bertz CT molecular complexity index is 728. The van der Waals surface area contributed by atoms with Crippen molar-refractivity contribution in [1.82, 2.24) is 19.4 Å². The number of aromatic nitrogens is 2. The second-order valence-corrected chi connectivity index (χ2v) is 5.54. The van der Waals surface area contributed by atoms with Crippen LogP contribution in [0.4, 0.5) is 0 Å². The first-order valence-corrected chi connectivity index (χ1v) is 7.08. The third-order valence-corrected chi connectivity index (χ3v) is 3.67. The molecule has 7 nitrogen and oxygen atoms in total. The first-order valence-electron chi connectivity index (χ1n) is 7.08. The Morgan fingerprint density at radius 3 is 2.64 bits per heavy atom. The molecule has 0 amide bonds. The quantitative estimate of drug-likeness (QED) is 0.818. The van der Waals surface area contributed by atoms with Crippen LogP contribution in [-0.2, 0) is 20.6 Å². The number of nitrogens with one attached hydrogen (secondary N) is 1. The van der Waals surface area contributed by atoms with Gasteiger partial charge in [-0.25, -0.2) is 4.79 Å². The average Bonchev–Trinajstić information content (AvgIpc) is 2.99. The SMILES string of the molecule is CN(C)C(CNCc1cn(C)c(=O)n(C)c1=O)c1ccco1. The van der Waals surface area contributed by atoms with E-state index in [9.17, 15) is 9.59 Å². The summed E-state index contributed by atoms with van der Waals surface area (Å²) >= 11 is 0. The van der Waals surface area contributed by atoms with Crippen molar-refractivity contribution >= 4 is 0 Å². The molecule has 22 heavy (non-hydrogen) atoms. The molecule has 1 N–H and O–H groups in total. The molecule has 2 heterocycles. The Kier molecular flexibility index (Phi) is 4.99. The average molecular weight is 306 g/mol. The van der Waals surface area contributed by atoms with Gasteiger partial charge in [-0.15, -0.1) is 0 Å². The number of furan rings is 1. The number of aryl methyl sites for hydroxylation is 1. The highest BCUT2D eigenvalue weighted by Crippen LogP contribution is 2.17. The lowest BCUT2D eigenvalue weighted by Crippen LogP contribution is -2.40. The lowest BCUT2D eigenvalue weighted by molar-refractivity contribution is 0.250. The predicted octanol–water partition coefficient (Wildman–Crippen LogP) is 0.0695. The van der Waals surface area contributed by atoms with Crippen LogP contribution in [0.5, 0.6) is 0 Å². The van der Waals surface area contributed by atoms with Gasteiger partial charge in [0.25, 0.3) is 5.56 Å². The molecule has 0 aliphatic heterocycles. The summed E-state index contributed by atoms with van der Waals surface area (Å²) in [6.45, 7) is 1.03. The molecule has 0 bridgehead atoms. The molecule has 0 spiro atoms. The molecule has 0 saturated heterocycles. The van der Waals surface area contributed by atoms with Crippen molar-refractivity contribution in [3.8, 4) is 0 Å². The highest BCUT2D eigenvalue weighted by molar-refractivity contribution is 5.07. The third-order valence-electron chi connectivity index (χ3n) is 3.67. The van der Waals surface area contributed by atoms with Crippen LogP contribution in [0.15, 0.2) is 38.6 Å². The minimum atomic E-state index is -0.324. The van der Waals surface area contributed by atoms with Crippen LogP contribution < -0.4 is 16.6 Å². The number of rotatable bonds is 6. The van der Waals surface area contributed by atoms with E-state index in [0.717, 1.165) is 10.3 Å². The summed E-state index contributed by atoms with van der Waals surface area (Å²) < 4.78 is 7.97. The van der Waals surface area contributed by atoms with Gasteiger partial charge in [0.1, 0.15) is 5.76 Å². The fraction of sp³-hybridized carbons (Fsp3) is 0.467. The summed E-state index contributed by atoms with van der Waals surface area (Å²) in [6.07, 6.45) is 3.23. The molecule has 1 unspecified atom stereocenters. The van der Waals surface area contributed by atoms with Crippen molar-refractivity contribution in [2.45, 2.75) is 12.6 Å². The zero-order chi connectivity index (χ0) is 16.3. The summed E-state index contributed by atoms with van der Waals surface area (Å²) in [5.74, 6) is 0.867. The third kappa shape index (κ3) is 3.37. The number of likely N-dealkylation sites (N-methyl/N-ethyl adjacent to an activating group) is 1. The standard InChI is InChI=1S/C15H22N4O3/c1-17(2)12(13-6-5-7-22-13)9-16-8-11-10-18(3)15(21)19(4)14(11)20/h5-7,10,12,16H,8-9H2,1-4H3. The van der Waals surface area contributed by atoms with E-state index >= 15 is 0 Å². The molecule has 2 aromatic rings. The highest BCUT2D eigenvalue weighted by Gasteiger charge is 2.16. The van der Waals surface area contributed by atoms with Gasteiger partial charge >= 0.3 is 5.69 Å². The Hall–Kier alpha value is -2.12. The molecular formula is C15H22N4O3. The van der Waals surface area contributed by atoms with Gasteiger partial charge < -0.3 is 14.3 Å². The van der Waals surface area contributed by atoms with E-state index in [1.54, 1.807) is 19.5 Å². The number of hydrogen-bond donors (Lipinski definition) is 1. The second kappa shape index (κ2) is 6.76. The van der Waals surface area contributed by atoms with Gasteiger partial charge in [0, 0.05) is 38.9 Å². The van der Waals surface area contributed by atoms with Crippen molar-refractivity contribution < 1.29 is 4.42 Å². The summed E-state index contributed by atoms with van der Waals surface area (Å²) in [5.41, 5.74) is -0.0351. The molecule has 0 fully saturated rings. The van der Waals surface area contributed by atoms with E-state index in [-0.39, 0.29) is 17.3 Å². The fourth-order valence-corrected chi connectivity index (χ4v) is 2.37. The maximum atomic E-state index is 12.1. The molecular weight excluding hydrogens is 284 g/mol. The first-order chi connectivity index (χ1) is 10.4. The number of nitrogens with zero attached hydrogens (tertiary/aromatic N) is 3. The molecule has 7 heteroatoms. The van der Waals surface area contributed by atoms with Crippen molar-refractivity contribution in [2.24, 2.45) is 14.1 Å². The normalized spacial score (nSPS) is 12.8. The van der Waals surface area contributed by atoms with Crippen LogP contribution in [-0.4, -0.2) is 34.7 Å². The minimum Gasteiger partial charge on any atom is -0.468 e. The van der Waals surface area contributed by atoms with E-state index < -0.39 is 0 Å². The molecule has 1 atom stereocenters. The van der Waals surface area contributed by atoms with Crippen molar-refractivity contribution in [1.29, 1.82) is 0 Å². The summed E-state index contributed by atoms with van der Waals surface area (Å²) in [5, 5.41) is 3.26. The van der Waals surface area contributed by atoms with Gasteiger partial charge in [-0.2, -0.15) is 0 Å². The van der Waals surface area contributed by atoms with E-state index in [0.29, 0.717) is 18.7 Å². The van der Waals surface area contributed by atoms with Crippen LogP contribution in [0.3, 0.4) is 0 Å². The Morgan fingerprint density at radius 1 is 1.32 bits per heavy atom. The molecule has 0 saturated carbocycles. The monoisotopic (exact) mass is 306 g/mol. The zero-order valence-corrected chi connectivity index (χ0v) is 13.4. The minimum absolute atomic E-state index is 0.0754. The van der Waals surface area contributed by atoms with E-state index in [2.05, 4.69) is 5.32 Å². The van der Waals surface area contributed by atoms with Crippen LogP contribution in [0, 0.1) is 0 Å². The Labute approximate surface area is 128 Å². The molecule has 0 aromatic carbocycles. The maximum Gasteiger partial charge on any atom is 0.330 e. The van der Waals surface area contributed by atoms with E-state index in [1.807, 2.05) is 31.1 Å². The smallest absolute Gasteiger partial charge is 0.330 e. The van der Waals surface area contributed by atoms with Crippen LogP contribution in [0.2, 0.25) is 0 Å². The topological polar surface area (TPSA) is 72.4 Å². The maximum absolute atomic E-state index is 12.1.